The van der Waals surface area contributed by atoms with Crippen LogP contribution in [0.2, 0.25) is 0 Å². The SMILES string of the molecule is Cc1ccc2nc(-c3ccc(N=[N+]([O-])c4ccc(-c5nc6ccc(C)c(S(=O)(=O)O)c6s5)cc4)cc3)sc2c1S(=O)(=O)O. The van der Waals surface area contributed by atoms with Gasteiger partial charge in [0.15, 0.2) is 0 Å². The highest BCUT2D eigenvalue weighted by Gasteiger charge is 2.22. The van der Waals surface area contributed by atoms with Crippen molar-refractivity contribution in [1.29, 1.82) is 0 Å². The van der Waals surface area contributed by atoms with Crippen molar-refractivity contribution in [2.24, 2.45) is 5.11 Å². The van der Waals surface area contributed by atoms with Gasteiger partial charge in [-0.3, -0.25) is 9.11 Å². The summed E-state index contributed by atoms with van der Waals surface area (Å²) in [5.41, 5.74) is 3.68. The summed E-state index contributed by atoms with van der Waals surface area (Å²) < 4.78 is 67.8. The largest absolute Gasteiger partial charge is 0.594 e. The molecule has 43 heavy (non-hydrogen) atoms. The molecule has 4 aromatic carbocycles. The number of hydrogen-bond donors (Lipinski definition) is 2. The van der Waals surface area contributed by atoms with Crippen LogP contribution in [-0.4, -0.2) is 40.8 Å². The quantitative estimate of drug-likeness (QED) is 0.0811. The molecule has 0 spiro atoms. The minimum absolute atomic E-state index is 0.158. The molecule has 0 radical (unpaired) electrons. The maximum absolute atomic E-state index is 12.8. The third kappa shape index (κ3) is 5.53. The van der Waals surface area contributed by atoms with E-state index in [0.29, 0.717) is 63.3 Å². The van der Waals surface area contributed by atoms with Crippen molar-refractivity contribution >= 4 is 74.7 Å². The Labute approximate surface area is 253 Å². The first-order valence-corrected chi connectivity index (χ1v) is 17.0. The standard InChI is InChI=1S/C28H20N4O7S4/c1-15-3-13-21-23(25(15)42(34,35)36)40-27(29-21)17-5-9-19(10-6-17)31-32(33)20-11-7-18(8-12-20)28-30-22-14-4-16(2)26(24(22)41-28)43(37,38)39/h3-14H,1-2H3,(H,34,35,36)(H,37,38,39). The summed E-state index contributed by atoms with van der Waals surface area (Å²) in [6.45, 7) is 3.20. The Kier molecular flexibility index (Phi) is 7.11. The lowest BCUT2D eigenvalue weighted by Gasteiger charge is -2.02. The molecule has 0 fully saturated rings. The predicted octanol–water partition coefficient (Wildman–Crippen LogP) is 7.28. The van der Waals surface area contributed by atoms with Crippen LogP contribution in [0.4, 0.5) is 11.4 Å². The van der Waals surface area contributed by atoms with Crippen molar-refractivity contribution in [2.75, 3.05) is 0 Å². The molecule has 0 aliphatic rings. The highest BCUT2D eigenvalue weighted by Crippen LogP contribution is 2.38. The fraction of sp³-hybridized carbons (Fsp3) is 0.0714. The Bertz CT molecular complexity index is 2310. The molecule has 0 saturated carbocycles. The van der Waals surface area contributed by atoms with E-state index in [1.165, 1.54) is 0 Å². The molecule has 0 atom stereocenters. The molecule has 0 amide bonds. The number of rotatable bonds is 6. The molecule has 0 bridgehead atoms. The first-order valence-electron chi connectivity index (χ1n) is 12.4. The van der Waals surface area contributed by atoms with Crippen molar-refractivity contribution < 1.29 is 30.8 Å². The summed E-state index contributed by atoms with van der Waals surface area (Å²) in [5, 5.41) is 17.9. The number of aromatic nitrogens is 2. The number of nitrogens with zero attached hydrogens (tertiary/aromatic N) is 4. The molecule has 15 heteroatoms. The van der Waals surface area contributed by atoms with Crippen LogP contribution in [-0.2, 0) is 20.2 Å². The summed E-state index contributed by atoms with van der Waals surface area (Å²) in [6, 6.07) is 19.7. The first-order chi connectivity index (χ1) is 20.3. The van der Waals surface area contributed by atoms with Crippen molar-refractivity contribution in [3.05, 3.63) is 89.1 Å². The summed E-state index contributed by atoms with van der Waals surface area (Å²) >= 11 is 2.26. The van der Waals surface area contributed by atoms with Gasteiger partial charge in [-0.2, -0.15) is 16.8 Å². The van der Waals surface area contributed by atoms with Gasteiger partial charge in [-0.05, 0) is 73.5 Å². The number of fused-ring (bicyclic) bond motifs is 2. The lowest BCUT2D eigenvalue weighted by atomic mass is 10.2. The van der Waals surface area contributed by atoms with Gasteiger partial charge in [0.05, 0.1) is 20.4 Å². The van der Waals surface area contributed by atoms with Crippen molar-refractivity contribution in [2.45, 2.75) is 23.6 Å². The molecular weight excluding hydrogens is 633 g/mol. The third-order valence-corrected chi connectivity index (χ3v) is 11.2. The third-order valence-electron chi connectivity index (χ3n) is 6.59. The maximum atomic E-state index is 12.8. The number of benzene rings is 4. The lowest BCUT2D eigenvalue weighted by Crippen LogP contribution is -2.00. The van der Waals surface area contributed by atoms with E-state index < -0.39 is 20.2 Å². The highest BCUT2D eigenvalue weighted by molar-refractivity contribution is 7.86. The molecule has 0 aliphatic carbocycles. The summed E-state index contributed by atoms with van der Waals surface area (Å²) in [5.74, 6) is 0. The van der Waals surface area contributed by atoms with Gasteiger partial charge in [-0.15, -0.1) is 22.7 Å². The Morgan fingerprint density at radius 2 is 1.09 bits per heavy atom. The molecule has 0 saturated heterocycles. The van der Waals surface area contributed by atoms with Gasteiger partial charge in [0, 0.05) is 28.4 Å². The number of azo groups is 1. The molecule has 218 valence electrons. The van der Waals surface area contributed by atoms with Crippen LogP contribution in [0, 0.1) is 19.1 Å². The molecule has 11 nitrogen and oxygen atoms in total. The molecular formula is C28H20N4O7S4. The lowest BCUT2D eigenvalue weighted by molar-refractivity contribution is -0.435. The monoisotopic (exact) mass is 652 g/mol. The number of aryl methyl sites for hydroxylation is 2. The van der Waals surface area contributed by atoms with Crippen LogP contribution in [0.1, 0.15) is 11.1 Å². The minimum Gasteiger partial charge on any atom is -0.594 e. The second-order valence-corrected chi connectivity index (χ2v) is 14.3. The molecule has 2 heterocycles. The average Bonchev–Trinajstić information content (AvgIpc) is 3.56. The summed E-state index contributed by atoms with van der Waals surface area (Å²) in [7, 11) is -8.86. The van der Waals surface area contributed by atoms with Crippen LogP contribution >= 0.6 is 22.7 Å². The zero-order chi connectivity index (χ0) is 30.7. The molecule has 6 aromatic rings. The predicted molar refractivity (Wildman–Crippen MR) is 165 cm³/mol. The van der Waals surface area contributed by atoms with Crippen LogP contribution in [0.5, 0.6) is 0 Å². The zero-order valence-electron chi connectivity index (χ0n) is 22.3. The Morgan fingerprint density at radius 1 is 0.674 bits per heavy atom. The highest BCUT2D eigenvalue weighted by atomic mass is 32.2. The van der Waals surface area contributed by atoms with Gasteiger partial charge in [0.25, 0.3) is 20.2 Å². The van der Waals surface area contributed by atoms with E-state index in [4.69, 9.17) is 0 Å². The first kappa shape index (κ1) is 29.0. The molecule has 2 N–H and O–H groups in total. The minimum atomic E-state index is -4.43. The van der Waals surface area contributed by atoms with Crippen molar-refractivity contribution in [1.82, 2.24) is 9.97 Å². The van der Waals surface area contributed by atoms with Gasteiger partial charge in [0.2, 0.25) is 5.69 Å². The number of hydrogen-bond acceptors (Lipinski definition) is 10. The van der Waals surface area contributed by atoms with E-state index >= 15 is 0 Å². The van der Waals surface area contributed by atoms with Gasteiger partial charge in [0.1, 0.15) is 25.5 Å². The van der Waals surface area contributed by atoms with Gasteiger partial charge >= 0.3 is 0 Å². The second-order valence-electron chi connectivity index (χ2n) is 9.57. The maximum Gasteiger partial charge on any atom is 0.296 e. The normalized spacial score (nSPS) is 12.8. The summed E-state index contributed by atoms with van der Waals surface area (Å²) in [6.07, 6.45) is 0. The van der Waals surface area contributed by atoms with Crippen molar-refractivity contribution in [3.63, 3.8) is 0 Å². The van der Waals surface area contributed by atoms with E-state index in [-0.39, 0.29) is 15.5 Å². The van der Waals surface area contributed by atoms with Crippen LogP contribution in [0.25, 0.3) is 41.6 Å². The van der Waals surface area contributed by atoms with Crippen molar-refractivity contribution in [3.8, 4) is 21.1 Å². The average molecular weight is 653 g/mol. The van der Waals surface area contributed by atoms with Gasteiger partial charge in [-0.1, -0.05) is 17.0 Å². The second kappa shape index (κ2) is 10.6. The topological polar surface area (TPSA) is 173 Å². The fourth-order valence-electron chi connectivity index (χ4n) is 4.59. The molecule has 0 unspecified atom stereocenters. The zero-order valence-corrected chi connectivity index (χ0v) is 25.6. The van der Waals surface area contributed by atoms with E-state index in [2.05, 4.69) is 15.1 Å². The molecule has 0 aliphatic heterocycles. The van der Waals surface area contributed by atoms with Crippen LogP contribution < -0.4 is 0 Å². The van der Waals surface area contributed by atoms with Gasteiger partial charge < -0.3 is 5.21 Å². The van der Waals surface area contributed by atoms with E-state index in [0.717, 1.165) is 22.7 Å². The van der Waals surface area contributed by atoms with Crippen LogP contribution in [0.15, 0.2) is 87.7 Å². The molecule has 2 aromatic heterocycles. The Morgan fingerprint density at radius 3 is 1.51 bits per heavy atom. The fourth-order valence-corrected chi connectivity index (χ4v) is 9.22. The molecule has 6 rings (SSSR count). The Hall–Kier alpha value is -4.12. The smallest absolute Gasteiger partial charge is 0.296 e. The van der Waals surface area contributed by atoms with Crippen LogP contribution in [0.3, 0.4) is 0 Å². The van der Waals surface area contributed by atoms with E-state index in [1.54, 1.807) is 86.6 Å². The van der Waals surface area contributed by atoms with E-state index in [1.807, 2.05) is 0 Å². The van der Waals surface area contributed by atoms with E-state index in [9.17, 15) is 31.1 Å². The summed E-state index contributed by atoms with van der Waals surface area (Å²) in [4.78, 5) is 9.13. The van der Waals surface area contributed by atoms with Gasteiger partial charge in [-0.25, -0.2) is 9.97 Å². The Balaban J connectivity index is 1.25. The number of thiazole rings is 2.